The van der Waals surface area contributed by atoms with Gasteiger partial charge in [-0.3, -0.25) is 9.59 Å². The molecule has 6 nitrogen and oxygen atoms in total. The maximum atomic E-state index is 12.5. The van der Waals surface area contributed by atoms with E-state index < -0.39 is 0 Å². The number of benzene rings is 2. The molecule has 2 fully saturated rings. The molecule has 2 saturated heterocycles. The SMILES string of the molecule is O=C(Nc1ccc(Sc2ccc(NC(=O)C(=S)N3CCSCC3)cc2)cc1)C(=S)N1CCSCC1. The van der Waals surface area contributed by atoms with E-state index in [1.807, 2.05) is 81.9 Å². The molecule has 0 unspecified atom stereocenters. The zero-order valence-corrected chi connectivity index (χ0v) is 23.1. The molecule has 2 aromatic carbocycles. The van der Waals surface area contributed by atoms with E-state index in [9.17, 15) is 9.59 Å². The van der Waals surface area contributed by atoms with Crippen LogP contribution in [0.2, 0.25) is 0 Å². The topological polar surface area (TPSA) is 64.7 Å². The molecule has 2 aliphatic rings. The monoisotopic (exact) mass is 562 g/mol. The minimum Gasteiger partial charge on any atom is -0.357 e. The van der Waals surface area contributed by atoms with Gasteiger partial charge < -0.3 is 20.4 Å². The fraction of sp³-hybridized carbons (Fsp3) is 0.333. The Morgan fingerprint density at radius 2 is 1.00 bits per heavy atom. The van der Waals surface area contributed by atoms with Crippen LogP contribution in [0.3, 0.4) is 0 Å². The van der Waals surface area contributed by atoms with Gasteiger partial charge in [-0.05, 0) is 48.5 Å². The molecule has 0 bridgehead atoms. The number of thioether (sulfide) groups is 2. The van der Waals surface area contributed by atoms with E-state index in [-0.39, 0.29) is 11.8 Å². The molecule has 2 amide bonds. The third-order valence-electron chi connectivity index (χ3n) is 5.45. The van der Waals surface area contributed by atoms with E-state index in [0.717, 1.165) is 70.4 Å². The molecular formula is C24H26N4O2S5. The molecule has 0 saturated carbocycles. The lowest BCUT2D eigenvalue weighted by molar-refractivity contribution is -0.111. The summed E-state index contributed by atoms with van der Waals surface area (Å²) in [6.45, 7) is 3.28. The van der Waals surface area contributed by atoms with Gasteiger partial charge in [0.15, 0.2) is 9.98 Å². The molecule has 2 aliphatic heterocycles. The minimum atomic E-state index is -0.233. The van der Waals surface area contributed by atoms with Crippen molar-refractivity contribution in [3.63, 3.8) is 0 Å². The third-order valence-corrected chi connectivity index (χ3v) is 9.23. The van der Waals surface area contributed by atoms with Crippen molar-refractivity contribution in [2.24, 2.45) is 0 Å². The molecule has 2 aromatic rings. The molecule has 4 rings (SSSR count). The van der Waals surface area contributed by atoms with Crippen LogP contribution in [0.15, 0.2) is 58.3 Å². The zero-order valence-electron chi connectivity index (χ0n) is 19.0. The van der Waals surface area contributed by atoms with Gasteiger partial charge in [0.2, 0.25) is 0 Å². The second-order valence-electron chi connectivity index (χ2n) is 7.87. The van der Waals surface area contributed by atoms with Gasteiger partial charge in [-0.2, -0.15) is 23.5 Å². The summed E-state index contributed by atoms with van der Waals surface area (Å²) in [7, 11) is 0. The Labute approximate surface area is 229 Å². The quantitative estimate of drug-likeness (QED) is 0.526. The summed E-state index contributed by atoms with van der Waals surface area (Å²) < 4.78 is 0. The summed E-state index contributed by atoms with van der Waals surface area (Å²) in [5.41, 5.74) is 1.43. The molecule has 0 radical (unpaired) electrons. The second kappa shape index (κ2) is 13.0. The number of carbonyl (C=O) groups is 2. The molecule has 184 valence electrons. The first-order valence-corrected chi connectivity index (χ1v) is 15.2. The largest absolute Gasteiger partial charge is 0.357 e. The standard InChI is InChI=1S/C24H26N4O2S5/c29-21(23(31)27-9-13-33-14-10-27)25-17-1-5-19(6-2-17)35-20-7-3-18(4-8-20)26-22(30)24(32)28-11-15-34-16-12-28/h1-8H,9-16H2,(H,25,29)(H,26,30). The molecular weight excluding hydrogens is 537 g/mol. The third kappa shape index (κ3) is 7.60. The van der Waals surface area contributed by atoms with Crippen LogP contribution < -0.4 is 10.6 Å². The Balaban J connectivity index is 1.27. The lowest BCUT2D eigenvalue weighted by atomic mass is 10.3. The predicted octanol–water partition coefficient (Wildman–Crippen LogP) is 4.47. The summed E-state index contributed by atoms with van der Waals surface area (Å²) in [6.07, 6.45) is 0. The first-order chi connectivity index (χ1) is 17.0. The molecule has 0 atom stereocenters. The summed E-state index contributed by atoms with van der Waals surface area (Å²) >= 11 is 16.1. The fourth-order valence-electron chi connectivity index (χ4n) is 3.54. The molecule has 2 N–H and O–H groups in total. The second-order valence-corrected chi connectivity index (χ2v) is 12.2. The van der Waals surface area contributed by atoms with Gasteiger partial charge in [-0.1, -0.05) is 36.2 Å². The van der Waals surface area contributed by atoms with Gasteiger partial charge in [-0.15, -0.1) is 0 Å². The molecule has 0 spiro atoms. The Bertz CT molecular complexity index is 981. The van der Waals surface area contributed by atoms with Crippen LogP contribution in [0.4, 0.5) is 11.4 Å². The van der Waals surface area contributed by atoms with E-state index in [0.29, 0.717) is 9.98 Å². The number of thiocarbonyl (C=S) groups is 2. The van der Waals surface area contributed by atoms with E-state index in [2.05, 4.69) is 10.6 Å². The van der Waals surface area contributed by atoms with Gasteiger partial charge in [0.05, 0.1) is 0 Å². The number of anilines is 2. The van der Waals surface area contributed by atoms with Gasteiger partial charge >= 0.3 is 0 Å². The van der Waals surface area contributed by atoms with Crippen LogP contribution in [-0.4, -0.2) is 80.8 Å². The van der Waals surface area contributed by atoms with E-state index in [1.165, 1.54) is 0 Å². The predicted molar refractivity (Wildman–Crippen MR) is 157 cm³/mol. The highest BCUT2D eigenvalue weighted by Crippen LogP contribution is 2.29. The first kappa shape index (κ1) is 26.3. The summed E-state index contributed by atoms with van der Waals surface area (Å²) in [6, 6.07) is 15.4. The van der Waals surface area contributed by atoms with Crippen LogP contribution >= 0.6 is 59.7 Å². The van der Waals surface area contributed by atoms with Crippen molar-refractivity contribution in [2.45, 2.75) is 9.79 Å². The lowest BCUT2D eigenvalue weighted by Gasteiger charge is -2.27. The number of carbonyl (C=O) groups excluding carboxylic acids is 2. The van der Waals surface area contributed by atoms with E-state index in [4.69, 9.17) is 24.4 Å². The Morgan fingerprint density at radius 3 is 1.34 bits per heavy atom. The minimum absolute atomic E-state index is 0.233. The average molecular weight is 563 g/mol. The highest BCUT2D eigenvalue weighted by Gasteiger charge is 2.21. The van der Waals surface area contributed by atoms with Crippen LogP contribution in [-0.2, 0) is 9.59 Å². The number of nitrogens with one attached hydrogen (secondary N) is 2. The zero-order chi connectivity index (χ0) is 24.6. The maximum absolute atomic E-state index is 12.5. The Morgan fingerprint density at radius 1 is 0.657 bits per heavy atom. The Hall–Kier alpha value is -1.79. The number of amides is 2. The van der Waals surface area contributed by atoms with Crippen LogP contribution in [0.1, 0.15) is 0 Å². The maximum Gasteiger partial charge on any atom is 0.283 e. The summed E-state index contributed by atoms with van der Waals surface area (Å²) in [4.78, 5) is 31.7. The highest BCUT2D eigenvalue weighted by molar-refractivity contribution is 7.99. The van der Waals surface area contributed by atoms with Crippen LogP contribution in [0, 0.1) is 0 Å². The Kier molecular flexibility index (Phi) is 9.73. The smallest absolute Gasteiger partial charge is 0.283 e. The van der Waals surface area contributed by atoms with Crippen LogP contribution in [0.5, 0.6) is 0 Å². The van der Waals surface area contributed by atoms with Gasteiger partial charge in [0.1, 0.15) is 0 Å². The van der Waals surface area contributed by atoms with E-state index >= 15 is 0 Å². The van der Waals surface area contributed by atoms with Crippen molar-refractivity contribution in [1.82, 2.24) is 9.80 Å². The number of nitrogens with zero attached hydrogens (tertiary/aromatic N) is 2. The molecule has 0 aliphatic carbocycles. The number of rotatable bonds is 4. The van der Waals surface area contributed by atoms with E-state index in [1.54, 1.807) is 11.8 Å². The van der Waals surface area contributed by atoms with Crippen molar-refractivity contribution in [3.8, 4) is 0 Å². The van der Waals surface area contributed by atoms with Crippen LogP contribution in [0.25, 0.3) is 0 Å². The highest BCUT2D eigenvalue weighted by atomic mass is 32.2. The molecule has 35 heavy (non-hydrogen) atoms. The van der Waals surface area contributed by atoms with Crippen molar-refractivity contribution in [1.29, 1.82) is 0 Å². The normalized spacial score (nSPS) is 15.9. The fourth-order valence-corrected chi connectivity index (χ4v) is 6.63. The van der Waals surface area contributed by atoms with Crippen molar-refractivity contribution in [3.05, 3.63) is 48.5 Å². The van der Waals surface area contributed by atoms with Gasteiger partial charge in [0.25, 0.3) is 11.8 Å². The number of hydrogen-bond donors (Lipinski definition) is 2. The van der Waals surface area contributed by atoms with Crippen molar-refractivity contribution in [2.75, 3.05) is 59.8 Å². The summed E-state index contributed by atoms with van der Waals surface area (Å²) in [5.74, 6) is 3.53. The molecule has 2 heterocycles. The lowest BCUT2D eigenvalue weighted by Crippen LogP contribution is -2.42. The summed E-state index contributed by atoms with van der Waals surface area (Å²) in [5, 5.41) is 5.79. The van der Waals surface area contributed by atoms with Crippen molar-refractivity contribution >= 4 is 92.9 Å². The average Bonchev–Trinajstić information content (AvgIpc) is 2.91. The molecule has 11 heteroatoms. The molecule has 0 aromatic heterocycles. The first-order valence-electron chi connectivity index (χ1n) is 11.2. The number of hydrogen-bond acceptors (Lipinski definition) is 7. The van der Waals surface area contributed by atoms with Crippen molar-refractivity contribution < 1.29 is 9.59 Å². The van der Waals surface area contributed by atoms with Gasteiger partial charge in [0, 0.05) is 70.4 Å². The van der Waals surface area contributed by atoms with Gasteiger partial charge in [-0.25, -0.2) is 0 Å².